The molecule has 2 aromatic carbocycles. The second kappa shape index (κ2) is 7.62. The number of ether oxygens (including phenoxy) is 1. The van der Waals surface area contributed by atoms with Crippen molar-refractivity contribution in [3.05, 3.63) is 42.0 Å². The predicted molar refractivity (Wildman–Crippen MR) is 102 cm³/mol. The van der Waals surface area contributed by atoms with Gasteiger partial charge < -0.3 is 4.74 Å². The maximum absolute atomic E-state index is 14.1. The van der Waals surface area contributed by atoms with Crippen LogP contribution in [0.25, 0.3) is 10.8 Å². The minimum absolute atomic E-state index is 0.0287. The van der Waals surface area contributed by atoms with E-state index in [0.29, 0.717) is 23.1 Å². The van der Waals surface area contributed by atoms with Crippen LogP contribution in [0.4, 0.5) is 13.2 Å². The third-order valence-corrected chi connectivity index (χ3v) is 5.00. The van der Waals surface area contributed by atoms with Gasteiger partial charge in [-0.25, -0.2) is 5.01 Å². The fourth-order valence-electron chi connectivity index (χ4n) is 3.43. The van der Waals surface area contributed by atoms with Crippen LogP contribution in [0.1, 0.15) is 45.2 Å². The molecule has 28 heavy (non-hydrogen) atoms. The zero-order chi connectivity index (χ0) is 20.5. The lowest BCUT2D eigenvalue weighted by atomic mass is 9.93. The average molecular weight is 394 g/mol. The summed E-state index contributed by atoms with van der Waals surface area (Å²) in [5, 5.41) is 2.17. The molecule has 1 amide bonds. The lowest BCUT2D eigenvalue weighted by Gasteiger charge is -2.30. The molecule has 1 saturated heterocycles. The van der Waals surface area contributed by atoms with E-state index < -0.39 is 23.5 Å². The van der Waals surface area contributed by atoms with Gasteiger partial charge >= 0.3 is 6.18 Å². The van der Waals surface area contributed by atoms with Crippen LogP contribution in [0, 0.1) is 5.41 Å². The molecular formula is C21H25F3N2O2. The number of rotatable bonds is 6. The minimum Gasteiger partial charge on any atom is -0.494 e. The molecule has 0 aromatic heterocycles. The van der Waals surface area contributed by atoms with E-state index in [1.807, 2.05) is 6.92 Å². The van der Waals surface area contributed by atoms with Gasteiger partial charge in [0, 0.05) is 6.54 Å². The molecule has 1 heterocycles. The van der Waals surface area contributed by atoms with Gasteiger partial charge in [-0.2, -0.15) is 13.2 Å². The van der Waals surface area contributed by atoms with Gasteiger partial charge in [0.15, 0.2) is 6.04 Å². The Morgan fingerprint density at radius 1 is 1.25 bits per heavy atom. The summed E-state index contributed by atoms with van der Waals surface area (Å²) < 4.78 is 48.0. The van der Waals surface area contributed by atoms with Gasteiger partial charge in [-0.1, -0.05) is 37.6 Å². The number of hydrazine groups is 1. The number of carbonyl (C=O) groups is 1. The molecule has 7 heteroatoms. The molecule has 1 atom stereocenters. The van der Waals surface area contributed by atoms with Crippen LogP contribution >= 0.6 is 0 Å². The normalized spacial score (nSPS) is 18.3. The first kappa shape index (κ1) is 20.5. The Kier molecular flexibility index (Phi) is 5.57. The van der Waals surface area contributed by atoms with Crippen molar-refractivity contribution in [2.75, 3.05) is 13.2 Å². The molecule has 0 bridgehead atoms. The van der Waals surface area contributed by atoms with Crippen molar-refractivity contribution in [3.8, 4) is 5.75 Å². The first-order valence-electron chi connectivity index (χ1n) is 9.43. The van der Waals surface area contributed by atoms with E-state index in [4.69, 9.17) is 4.74 Å². The Morgan fingerprint density at radius 2 is 2.00 bits per heavy atom. The Hall–Kier alpha value is -2.28. The van der Waals surface area contributed by atoms with Gasteiger partial charge in [0.1, 0.15) is 5.75 Å². The van der Waals surface area contributed by atoms with Crippen molar-refractivity contribution < 1.29 is 22.7 Å². The summed E-state index contributed by atoms with van der Waals surface area (Å²) in [5.74, 6) is 0.130. The Morgan fingerprint density at radius 3 is 2.61 bits per heavy atom. The van der Waals surface area contributed by atoms with Gasteiger partial charge in [-0.3, -0.25) is 10.2 Å². The Balaban J connectivity index is 2.04. The van der Waals surface area contributed by atoms with Crippen molar-refractivity contribution in [2.24, 2.45) is 5.41 Å². The number of hydrogen-bond donors (Lipinski definition) is 1. The number of nitrogens with zero attached hydrogens (tertiary/aromatic N) is 1. The molecule has 0 spiro atoms. The number of carbonyl (C=O) groups excluding carboxylic acids is 1. The Bertz CT molecular complexity index is 864. The summed E-state index contributed by atoms with van der Waals surface area (Å²) in [7, 11) is 0. The number of unbranched alkanes of at least 4 members (excludes halogenated alkanes) is 1. The monoisotopic (exact) mass is 394 g/mol. The molecule has 4 nitrogen and oxygen atoms in total. The third-order valence-electron chi connectivity index (χ3n) is 5.00. The molecule has 0 radical (unpaired) electrons. The van der Waals surface area contributed by atoms with Crippen LogP contribution in [0.3, 0.4) is 0 Å². The Labute approximate surface area is 162 Å². The zero-order valence-corrected chi connectivity index (χ0v) is 16.3. The van der Waals surface area contributed by atoms with Gasteiger partial charge in [0.05, 0.1) is 12.0 Å². The molecule has 1 unspecified atom stereocenters. The van der Waals surface area contributed by atoms with Crippen molar-refractivity contribution in [1.82, 2.24) is 10.4 Å². The molecule has 152 valence electrons. The summed E-state index contributed by atoms with van der Waals surface area (Å²) in [4.78, 5) is 12.1. The number of nitrogens with one attached hydrogen (secondary N) is 1. The topological polar surface area (TPSA) is 41.6 Å². The quantitative estimate of drug-likeness (QED) is 0.702. The van der Waals surface area contributed by atoms with E-state index in [0.717, 1.165) is 17.9 Å². The largest absolute Gasteiger partial charge is 0.494 e. The van der Waals surface area contributed by atoms with E-state index in [2.05, 4.69) is 5.43 Å². The summed E-state index contributed by atoms with van der Waals surface area (Å²) in [6.45, 7) is 5.81. The molecule has 0 saturated carbocycles. The van der Waals surface area contributed by atoms with Crippen molar-refractivity contribution in [3.63, 3.8) is 0 Å². The van der Waals surface area contributed by atoms with Crippen molar-refractivity contribution in [2.45, 2.75) is 45.8 Å². The van der Waals surface area contributed by atoms with E-state index in [9.17, 15) is 18.0 Å². The molecule has 1 N–H and O–H groups in total. The second-order valence-electron chi connectivity index (χ2n) is 7.83. The molecule has 0 aliphatic carbocycles. The summed E-state index contributed by atoms with van der Waals surface area (Å²) in [5.41, 5.74) is 1.63. The van der Waals surface area contributed by atoms with Crippen molar-refractivity contribution >= 4 is 16.7 Å². The van der Waals surface area contributed by atoms with Gasteiger partial charge in [0.2, 0.25) is 5.91 Å². The number of halogens is 3. The number of benzene rings is 2. The summed E-state index contributed by atoms with van der Waals surface area (Å²) >= 11 is 0. The van der Waals surface area contributed by atoms with E-state index in [-0.39, 0.29) is 12.1 Å². The molecule has 1 aliphatic rings. The van der Waals surface area contributed by atoms with Crippen LogP contribution in [0.5, 0.6) is 5.75 Å². The smallest absolute Gasteiger partial charge is 0.409 e. The van der Waals surface area contributed by atoms with Crippen LogP contribution in [0.15, 0.2) is 36.4 Å². The highest BCUT2D eigenvalue weighted by molar-refractivity contribution is 5.88. The highest BCUT2D eigenvalue weighted by Crippen LogP contribution is 2.43. The zero-order valence-electron chi connectivity index (χ0n) is 16.3. The van der Waals surface area contributed by atoms with Gasteiger partial charge in [-0.15, -0.1) is 0 Å². The summed E-state index contributed by atoms with van der Waals surface area (Å²) in [6.07, 6.45) is -2.71. The highest BCUT2D eigenvalue weighted by atomic mass is 19.4. The van der Waals surface area contributed by atoms with E-state index >= 15 is 0 Å². The van der Waals surface area contributed by atoms with E-state index in [1.165, 1.54) is 6.07 Å². The third kappa shape index (κ3) is 4.09. The number of hydrogen-bond acceptors (Lipinski definition) is 3. The molecule has 3 rings (SSSR count). The molecular weight excluding hydrogens is 369 g/mol. The SMILES string of the molecule is CCCCOc1ccc2cccc(C(N3CC(C)(C)C(=O)N3)C(F)(F)F)c2c1. The van der Waals surface area contributed by atoms with Crippen LogP contribution in [-0.4, -0.2) is 30.2 Å². The van der Waals surface area contributed by atoms with Gasteiger partial charge in [0.25, 0.3) is 0 Å². The lowest BCUT2D eigenvalue weighted by Crippen LogP contribution is -2.43. The van der Waals surface area contributed by atoms with Crippen LogP contribution in [0.2, 0.25) is 0 Å². The summed E-state index contributed by atoms with van der Waals surface area (Å²) in [6, 6.07) is 8.10. The maximum Gasteiger partial charge on any atom is 0.409 e. The predicted octanol–water partition coefficient (Wildman–Crippen LogP) is 5.00. The molecule has 1 fully saturated rings. The van der Waals surface area contributed by atoms with E-state index in [1.54, 1.807) is 44.2 Å². The molecule has 2 aromatic rings. The minimum atomic E-state index is -4.55. The lowest BCUT2D eigenvalue weighted by molar-refractivity contribution is -0.191. The molecule has 1 aliphatic heterocycles. The van der Waals surface area contributed by atoms with Crippen LogP contribution in [-0.2, 0) is 4.79 Å². The number of alkyl halides is 3. The van der Waals surface area contributed by atoms with Gasteiger partial charge in [-0.05, 0) is 48.7 Å². The number of amides is 1. The fraction of sp³-hybridized carbons (Fsp3) is 0.476. The standard InChI is InChI=1S/C21H25F3N2O2/c1-4-5-11-28-15-10-9-14-7-6-8-16(17(14)12-15)18(21(22,23)24)26-13-20(2,3)19(27)25-26/h6-10,12,18H,4-5,11,13H2,1-3H3,(H,25,27). The second-order valence-corrected chi connectivity index (χ2v) is 7.83. The fourth-order valence-corrected chi connectivity index (χ4v) is 3.43. The maximum atomic E-state index is 14.1. The number of fused-ring (bicyclic) bond motifs is 1. The van der Waals surface area contributed by atoms with Crippen LogP contribution < -0.4 is 10.2 Å². The first-order chi connectivity index (χ1) is 13.1. The first-order valence-corrected chi connectivity index (χ1v) is 9.43. The van der Waals surface area contributed by atoms with Crippen molar-refractivity contribution in [1.29, 1.82) is 0 Å². The average Bonchev–Trinajstić information content (AvgIpc) is 2.87. The highest BCUT2D eigenvalue weighted by Gasteiger charge is 2.51.